The highest BCUT2D eigenvalue weighted by molar-refractivity contribution is 5.50. The molecule has 1 aromatic carbocycles. The number of ether oxygens (including phenoxy) is 1. The largest absolute Gasteiger partial charge is 0.372 e. The number of rotatable bonds is 5. The minimum Gasteiger partial charge on any atom is -0.372 e. The quantitative estimate of drug-likeness (QED) is 0.839. The molecular formula is C16H25FN2O. The third-order valence-corrected chi connectivity index (χ3v) is 3.49. The smallest absolute Gasteiger partial charge is 0.125 e. The maximum Gasteiger partial charge on any atom is 0.125 e. The van der Waals surface area contributed by atoms with E-state index in [0.717, 1.165) is 37.3 Å². The molecule has 0 unspecified atom stereocenters. The number of halogens is 1. The molecule has 0 amide bonds. The first-order chi connectivity index (χ1) is 9.50. The summed E-state index contributed by atoms with van der Waals surface area (Å²) in [5.41, 5.74) is 1.78. The molecule has 0 bridgehead atoms. The van der Waals surface area contributed by atoms with Crippen LogP contribution in [0.25, 0.3) is 0 Å². The lowest BCUT2D eigenvalue weighted by atomic mass is 10.1. The molecule has 1 aliphatic rings. The second-order valence-corrected chi connectivity index (χ2v) is 6.02. The van der Waals surface area contributed by atoms with Gasteiger partial charge in [0.1, 0.15) is 5.82 Å². The summed E-state index contributed by atoms with van der Waals surface area (Å²) in [6.07, 6.45) is 1.08. The van der Waals surface area contributed by atoms with Crippen molar-refractivity contribution in [1.29, 1.82) is 0 Å². The highest BCUT2D eigenvalue weighted by atomic mass is 19.1. The predicted octanol–water partition coefficient (Wildman–Crippen LogP) is 2.94. The Balaban J connectivity index is 2.10. The van der Waals surface area contributed by atoms with Crippen LogP contribution in [0.15, 0.2) is 18.2 Å². The van der Waals surface area contributed by atoms with E-state index in [0.29, 0.717) is 13.2 Å². The van der Waals surface area contributed by atoms with Crippen LogP contribution in [-0.2, 0) is 11.3 Å². The molecule has 1 N–H and O–H groups in total. The second kappa shape index (κ2) is 6.55. The normalized spacial score (nSPS) is 18.3. The summed E-state index contributed by atoms with van der Waals surface area (Å²) in [6.45, 7) is 10.2. The van der Waals surface area contributed by atoms with E-state index in [1.165, 1.54) is 0 Å². The standard InChI is InChI=1S/C16H25FN2O/c1-4-5-18-11-13-8-14(17)10-15(9-13)19-6-7-20-16(2,3)12-19/h8-10,18H,4-7,11-12H2,1-3H3. The Morgan fingerprint density at radius 1 is 1.35 bits per heavy atom. The van der Waals surface area contributed by atoms with Crippen LogP contribution in [0.1, 0.15) is 32.8 Å². The number of hydrogen-bond acceptors (Lipinski definition) is 3. The molecule has 4 heteroatoms. The molecule has 1 heterocycles. The van der Waals surface area contributed by atoms with E-state index in [4.69, 9.17) is 4.74 Å². The summed E-state index contributed by atoms with van der Waals surface area (Å²) < 4.78 is 19.5. The van der Waals surface area contributed by atoms with Gasteiger partial charge in [0.25, 0.3) is 0 Å². The summed E-state index contributed by atoms with van der Waals surface area (Å²) in [5, 5.41) is 3.32. The van der Waals surface area contributed by atoms with Crippen molar-refractivity contribution in [2.45, 2.75) is 39.3 Å². The Morgan fingerprint density at radius 2 is 2.15 bits per heavy atom. The average molecular weight is 280 g/mol. The van der Waals surface area contributed by atoms with Crippen molar-refractivity contribution in [1.82, 2.24) is 5.32 Å². The number of hydrogen-bond donors (Lipinski definition) is 1. The van der Waals surface area contributed by atoms with E-state index in [9.17, 15) is 4.39 Å². The molecule has 2 rings (SSSR count). The zero-order valence-corrected chi connectivity index (χ0v) is 12.7. The van der Waals surface area contributed by atoms with Gasteiger partial charge in [0.05, 0.1) is 12.2 Å². The highest BCUT2D eigenvalue weighted by Gasteiger charge is 2.27. The molecule has 0 radical (unpaired) electrons. The van der Waals surface area contributed by atoms with Crippen molar-refractivity contribution < 1.29 is 9.13 Å². The van der Waals surface area contributed by atoms with Gasteiger partial charge in [0.15, 0.2) is 0 Å². The summed E-state index contributed by atoms with van der Waals surface area (Å²) in [6, 6.07) is 5.30. The summed E-state index contributed by atoms with van der Waals surface area (Å²) in [5.74, 6) is -0.167. The van der Waals surface area contributed by atoms with E-state index in [2.05, 4.69) is 37.1 Å². The third-order valence-electron chi connectivity index (χ3n) is 3.49. The van der Waals surface area contributed by atoms with Crippen LogP contribution in [-0.4, -0.2) is 31.8 Å². The first-order valence-corrected chi connectivity index (χ1v) is 7.39. The Labute approximate surface area is 121 Å². The first-order valence-electron chi connectivity index (χ1n) is 7.39. The van der Waals surface area contributed by atoms with Crippen LogP contribution in [0.3, 0.4) is 0 Å². The number of anilines is 1. The molecule has 0 aromatic heterocycles. The van der Waals surface area contributed by atoms with Gasteiger partial charge in [-0.2, -0.15) is 0 Å². The fourth-order valence-corrected chi connectivity index (χ4v) is 2.56. The average Bonchev–Trinajstić information content (AvgIpc) is 2.37. The molecule has 0 saturated carbocycles. The van der Waals surface area contributed by atoms with Gasteiger partial charge >= 0.3 is 0 Å². The SMILES string of the molecule is CCCNCc1cc(F)cc(N2CCOC(C)(C)C2)c1. The molecule has 0 spiro atoms. The number of nitrogens with zero attached hydrogens (tertiary/aromatic N) is 1. The minimum absolute atomic E-state index is 0.167. The molecule has 1 aliphatic heterocycles. The predicted molar refractivity (Wildman–Crippen MR) is 80.6 cm³/mol. The van der Waals surface area contributed by atoms with Gasteiger partial charge < -0.3 is 15.0 Å². The lowest BCUT2D eigenvalue weighted by Gasteiger charge is -2.39. The summed E-state index contributed by atoms with van der Waals surface area (Å²) >= 11 is 0. The maximum absolute atomic E-state index is 13.8. The zero-order chi connectivity index (χ0) is 14.6. The van der Waals surface area contributed by atoms with Crippen molar-refractivity contribution in [3.63, 3.8) is 0 Å². The van der Waals surface area contributed by atoms with E-state index >= 15 is 0 Å². The summed E-state index contributed by atoms with van der Waals surface area (Å²) in [7, 11) is 0. The van der Waals surface area contributed by atoms with Gasteiger partial charge in [-0.25, -0.2) is 4.39 Å². The maximum atomic E-state index is 13.8. The molecule has 0 aliphatic carbocycles. The van der Waals surface area contributed by atoms with Gasteiger partial charge in [0.2, 0.25) is 0 Å². The van der Waals surface area contributed by atoms with Crippen LogP contribution in [0.5, 0.6) is 0 Å². The number of morpholine rings is 1. The van der Waals surface area contributed by atoms with Crippen LogP contribution in [0, 0.1) is 5.82 Å². The van der Waals surface area contributed by atoms with Crippen LogP contribution in [0.4, 0.5) is 10.1 Å². The Hall–Kier alpha value is -1.13. The van der Waals surface area contributed by atoms with Crippen LogP contribution in [0.2, 0.25) is 0 Å². The van der Waals surface area contributed by atoms with Gasteiger partial charge in [-0.3, -0.25) is 0 Å². The molecule has 1 saturated heterocycles. The Kier molecular flexibility index (Phi) is 5.00. The van der Waals surface area contributed by atoms with E-state index in [1.54, 1.807) is 12.1 Å². The molecule has 3 nitrogen and oxygen atoms in total. The van der Waals surface area contributed by atoms with E-state index in [1.807, 2.05) is 0 Å². The van der Waals surface area contributed by atoms with Gasteiger partial charge in [0, 0.05) is 25.3 Å². The fourth-order valence-electron chi connectivity index (χ4n) is 2.56. The van der Waals surface area contributed by atoms with Crippen molar-refractivity contribution in [2.24, 2.45) is 0 Å². The lowest BCUT2D eigenvalue weighted by molar-refractivity contribution is -0.0277. The topological polar surface area (TPSA) is 24.5 Å². The van der Waals surface area contributed by atoms with Crippen LogP contribution >= 0.6 is 0 Å². The van der Waals surface area contributed by atoms with Crippen molar-refractivity contribution in [3.8, 4) is 0 Å². The highest BCUT2D eigenvalue weighted by Crippen LogP contribution is 2.25. The molecular weight excluding hydrogens is 255 g/mol. The van der Waals surface area contributed by atoms with Crippen molar-refractivity contribution >= 4 is 5.69 Å². The monoisotopic (exact) mass is 280 g/mol. The first kappa shape index (κ1) is 15.3. The third kappa shape index (κ3) is 4.18. The fraction of sp³-hybridized carbons (Fsp3) is 0.625. The molecule has 0 atom stereocenters. The molecule has 20 heavy (non-hydrogen) atoms. The number of benzene rings is 1. The van der Waals surface area contributed by atoms with Gasteiger partial charge in [-0.15, -0.1) is 0 Å². The Bertz CT molecular complexity index is 448. The molecule has 112 valence electrons. The van der Waals surface area contributed by atoms with Crippen molar-refractivity contribution in [3.05, 3.63) is 29.6 Å². The minimum atomic E-state index is -0.175. The molecule has 1 aromatic rings. The molecule has 1 fully saturated rings. The second-order valence-electron chi connectivity index (χ2n) is 6.02. The number of nitrogens with one attached hydrogen (secondary N) is 1. The lowest BCUT2D eigenvalue weighted by Crippen LogP contribution is -2.48. The summed E-state index contributed by atoms with van der Waals surface area (Å²) in [4.78, 5) is 2.20. The van der Waals surface area contributed by atoms with Crippen LogP contribution < -0.4 is 10.2 Å². The van der Waals surface area contributed by atoms with Crippen molar-refractivity contribution in [2.75, 3.05) is 31.1 Å². The zero-order valence-electron chi connectivity index (χ0n) is 12.7. The van der Waals surface area contributed by atoms with Gasteiger partial charge in [-0.1, -0.05) is 6.92 Å². The van der Waals surface area contributed by atoms with E-state index in [-0.39, 0.29) is 11.4 Å². The van der Waals surface area contributed by atoms with Gasteiger partial charge in [-0.05, 0) is 50.6 Å². The van der Waals surface area contributed by atoms with E-state index < -0.39 is 0 Å². The Morgan fingerprint density at radius 3 is 2.85 bits per heavy atom.